The second-order valence-electron chi connectivity index (χ2n) is 5.79. The maximum Gasteiger partial charge on any atom is 0.345 e. The first-order chi connectivity index (χ1) is 9.04. The van der Waals surface area contributed by atoms with E-state index in [9.17, 15) is 14.8 Å². The van der Waals surface area contributed by atoms with Crippen LogP contribution in [0.25, 0.3) is 0 Å². The highest BCUT2D eigenvalue weighted by molar-refractivity contribution is 7.53. The molecule has 2 unspecified atom stereocenters. The first kappa shape index (κ1) is 20.0. The Balaban J connectivity index is 4.90. The first-order valence-corrected chi connectivity index (χ1v) is 8.81. The van der Waals surface area contributed by atoms with Crippen molar-refractivity contribution in [3.05, 3.63) is 0 Å². The predicted octanol–water partition coefficient (Wildman–Crippen LogP) is 2.05. The monoisotopic (exact) mass is 311 g/mol. The van der Waals surface area contributed by atoms with Crippen LogP contribution in [-0.2, 0) is 13.6 Å². The molecule has 0 aliphatic carbocycles. The van der Waals surface area contributed by atoms with E-state index in [1.807, 2.05) is 0 Å². The fraction of sp³-hybridized carbons (Fsp3) is 1.00. The fourth-order valence-electron chi connectivity index (χ4n) is 1.92. The van der Waals surface area contributed by atoms with Gasteiger partial charge in [-0.05, 0) is 41.5 Å². The van der Waals surface area contributed by atoms with Crippen molar-refractivity contribution in [2.24, 2.45) is 0 Å². The van der Waals surface area contributed by atoms with Crippen LogP contribution in [0.5, 0.6) is 0 Å². The van der Waals surface area contributed by atoms with Crippen LogP contribution in [0.4, 0.5) is 0 Å². The van der Waals surface area contributed by atoms with E-state index in [0.29, 0.717) is 13.1 Å². The Morgan fingerprint density at radius 3 is 1.50 bits per heavy atom. The van der Waals surface area contributed by atoms with Crippen LogP contribution in [0.2, 0.25) is 0 Å². The highest BCUT2D eigenvalue weighted by Gasteiger charge is 2.31. The molecule has 0 heterocycles. The van der Waals surface area contributed by atoms with Crippen molar-refractivity contribution in [2.75, 3.05) is 19.4 Å². The van der Waals surface area contributed by atoms with E-state index in [0.717, 1.165) is 0 Å². The fourth-order valence-corrected chi connectivity index (χ4v) is 4.10. The lowest BCUT2D eigenvalue weighted by atomic mass is 10.3. The SMILES string of the molecule is CC(O)CN(CC(C)O)CP(=O)(OC(C)C)OC(C)C. The van der Waals surface area contributed by atoms with Crippen molar-refractivity contribution in [2.45, 2.75) is 66.0 Å². The van der Waals surface area contributed by atoms with Crippen LogP contribution in [0.1, 0.15) is 41.5 Å². The maximum absolute atomic E-state index is 12.8. The van der Waals surface area contributed by atoms with Crippen LogP contribution in [0.15, 0.2) is 0 Å². The summed E-state index contributed by atoms with van der Waals surface area (Å²) in [5.41, 5.74) is 0. The van der Waals surface area contributed by atoms with Gasteiger partial charge in [0.1, 0.15) is 6.29 Å². The topological polar surface area (TPSA) is 79.2 Å². The van der Waals surface area contributed by atoms with Gasteiger partial charge in [0, 0.05) is 13.1 Å². The van der Waals surface area contributed by atoms with Gasteiger partial charge < -0.3 is 19.3 Å². The van der Waals surface area contributed by atoms with E-state index in [2.05, 4.69) is 0 Å². The summed E-state index contributed by atoms with van der Waals surface area (Å²) < 4.78 is 23.7. The summed E-state index contributed by atoms with van der Waals surface area (Å²) in [6.45, 7) is 11.1. The smallest absolute Gasteiger partial charge is 0.345 e. The van der Waals surface area contributed by atoms with Gasteiger partial charge in [0.2, 0.25) is 0 Å². The molecule has 0 fully saturated rings. The van der Waals surface area contributed by atoms with Gasteiger partial charge in [0.15, 0.2) is 0 Å². The summed E-state index contributed by atoms with van der Waals surface area (Å²) in [7, 11) is -3.30. The Hall–Kier alpha value is 0.0300. The van der Waals surface area contributed by atoms with E-state index >= 15 is 0 Å². The van der Waals surface area contributed by atoms with Gasteiger partial charge in [-0.25, -0.2) is 0 Å². The normalized spacial score (nSPS) is 16.1. The summed E-state index contributed by atoms with van der Waals surface area (Å²) in [5.74, 6) is 0. The summed E-state index contributed by atoms with van der Waals surface area (Å²) in [5, 5.41) is 19.0. The third kappa shape index (κ3) is 9.86. The number of rotatable bonds is 10. The van der Waals surface area contributed by atoms with Crippen LogP contribution < -0.4 is 0 Å². The summed E-state index contributed by atoms with van der Waals surface area (Å²) in [6, 6.07) is 0. The Morgan fingerprint density at radius 1 is 0.900 bits per heavy atom. The molecule has 0 saturated carbocycles. The second-order valence-corrected chi connectivity index (χ2v) is 7.72. The van der Waals surface area contributed by atoms with Gasteiger partial charge in [-0.15, -0.1) is 0 Å². The van der Waals surface area contributed by atoms with E-state index in [4.69, 9.17) is 9.05 Å². The lowest BCUT2D eigenvalue weighted by Crippen LogP contribution is -2.37. The van der Waals surface area contributed by atoms with Crippen LogP contribution in [0, 0.1) is 0 Å². The van der Waals surface area contributed by atoms with Crippen LogP contribution in [-0.4, -0.2) is 58.9 Å². The van der Waals surface area contributed by atoms with Crippen molar-refractivity contribution in [1.29, 1.82) is 0 Å². The molecule has 6 nitrogen and oxygen atoms in total. The van der Waals surface area contributed by atoms with E-state index in [1.54, 1.807) is 46.4 Å². The summed E-state index contributed by atoms with van der Waals surface area (Å²) >= 11 is 0. The van der Waals surface area contributed by atoms with Crippen molar-refractivity contribution < 1.29 is 23.8 Å². The molecule has 0 amide bonds. The lowest BCUT2D eigenvalue weighted by molar-refractivity contribution is 0.0803. The molecule has 7 heteroatoms. The van der Waals surface area contributed by atoms with Gasteiger partial charge in [0.25, 0.3) is 0 Å². The molecule has 0 saturated heterocycles. The van der Waals surface area contributed by atoms with Crippen molar-refractivity contribution in [3.63, 3.8) is 0 Å². The second kappa shape index (κ2) is 9.13. The highest BCUT2D eigenvalue weighted by atomic mass is 31.2. The Morgan fingerprint density at radius 2 is 1.25 bits per heavy atom. The van der Waals surface area contributed by atoms with Gasteiger partial charge in [-0.3, -0.25) is 9.46 Å². The molecule has 0 spiro atoms. The van der Waals surface area contributed by atoms with Crippen LogP contribution >= 0.6 is 7.60 Å². The average molecular weight is 311 g/mol. The van der Waals surface area contributed by atoms with E-state index in [1.165, 1.54) is 0 Å². The Kier molecular flexibility index (Phi) is 9.14. The third-order valence-corrected chi connectivity index (χ3v) is 4.39. The number of nitrogens with zero attached hydrogens (tertiary/aromatic N) is 1. The summed E-state index contributed by atoms with van der Waals surface area (Å²) in [4.78, 5) is 1.71. The maximum atomic E-state index is 12.8. The number of aliphatic hydroxyl groups excluding tert-OH is 2. The lowest BCUT2D eigenvalue weighted by Gasteiger charge is -2.30. The molecule has 122 valence electrons. The molecule has 0 aromatic carbocycles. The molecule has 2 N–H and O–H groups in total. The minimum atomic E-state index is -3.30. The van der Waals surface area contributed by atoms with Crippen molar-refractivity contribution in [3.8, 4) is 0 Å². The molecule has 0 aliphatic heterocycles. The van der Waals surface area contributed by atoms with Crippen molar-refractivity contribution >= 4 is 7.60 Å². The largest absolute Gasteiger partial charge is 0.392 e. The molecular formula is C13H30NO5P. The minimum absolute atomic E-state index is 0.0547. The molecule has 0 aromatic rings. The molecular weight excluding hydrogens is 281 g/mol. The number of aliphatic hydroxyl groups is 2. The Bertz CT molecular complexity index is 283. The molecule has 0 aromatic heterocycles. The number of hydrogen-bond acceptors (Lipinski definition) is 6. The van der Waals surface area contributed by atoms with Gasteiger partial charge >= 0.3 is 7.60 Å². The first-order valence-electron chi connectivity index (χ1n) is 7.08. The molecule has 20 heavy (non-hydrogen) atoms. The molecule has 2 atom stereocenters. The van der Waals surface area contributed by atoms with Gasteiger partial charge in [-0.2, -0.15) is 0 Å². The standard InChI is InChI=1S/C13H30NO5P/c1-10(2)18-20(17,19-11(3)4)9-14(7-12(5)15)8-13(6)16/h10-13,15-16H,7-9H2,1-6H3. The highest BCUT2D eigenvalue weighted by Crippen LogP contribution is 2.50. The molecule has 0 bridgehead atoms. The molecule has 0 rings (SSSR count). The van der Waals surface area contributed by atoms with Crippen molar-refractivity contribution in [1.82, 2.24) is 4.90 Å². The van der Waals surface area contributed by atoms with Crippen LogP contribution in [0.3, 0.4) is 0 Å². The third-order valence-electron chi connectivity index (χ3n) is 2.16. The zero-order chi connectivity index (χ0) is 15.9. The average Bonchev–Trinajstić information content (AvgIpc) is 2.09. The quantitative estimate of drug-likeness (QED) is 0.601. The number of hydrogen-bond donors (Lipinski definition) is 2. The minimum Gasteiger partial charge on any atom is -0.392 e. The predicted molar refractivity (Wildman–Crippen MR) is 79.9 cm³/mol. The Labute approximate surface area is 122 Å². The van der Waals surface area contributed by atoms with E-state index < -0.39 is 19.8 Å². The zero-order valence-electron chi connectivity index (χ0n) is 13.4. The van der Waals surface area contributed by atoms with E-state index in [-0.39, 0.29) is 18.5 Å². The molecule has 0 aliphatic rings. The zero-order valence-corrected chi connectivity index (χ0v) is 14.3. The van der Waals surface area contributed by atoms with Gasteiger partial charge in [0.05, 0.1) is 24.4 Å². The summed E-state index contributed by atoms with van der Waals surface area (Å²) in [6.07, 6.45) is -1.56. The molecule has 0 radical (unpaired) electrons. The van der Waals surface area contributed by atoms with Gasteiger partial charge in [-0.1, -0.05) is 0 Å².